The highest BCUT2D eigenvalue weighted by atomic mass is 35.5. The second-order valence-corrected chi connectivity index (χ2v) is 6.97. The third-order valence-electron chi connectivity index (χ3n) is 4.63. The molecular weight excluding hydrogens is 404 g/mol. The van der Waals surface area contributed by atoms with Crippen molar-refractivity contribution in [3.05, 3.63) is 81.9 Å². The molecule has 0 N–H and O–H groups in total. The number of halogens is 1. The van der Waals surface area contributed by atoms with Gasteiger partial charge in [-0.3, -0.25) is 9.59 Å². The summed E-state index contributed by atoms with van der Waals surface area (Å²) in [4.78, 5) is 38.2. The van der Waals surface area contributed by atoms with Crippen molar-refractivity contribution in [2.75, 3.05) is 13.2 Å². The molecular formula is C24H21ClO5. The molecule has 6 heteroatoms. The number of fused-ring (bicyclic) bond motifs is 1. The molecule has 0 bridgehead atoms. The predicted octanol–water partition coefficient (Wildman–Crippen LogP) is 5.01. The number of rotatable bonds is 7. The number of hydrogen-bond donors (Lipinski definition) is 0. The van der Waals surface area contributed by atoms with Gasteiger partial charge in [-0.1, -0.05) is 35.9 Å². The lowest BCUT2D eigenvalue weighted by Gasteiger charge is -2.15. The highest BCUT2D eigenvalue weighted by molar-refractivity contribution is 6.30. The Morgan fingerprint density at radius 2 is 1.47 bits per heavy atom. The minimum absolute atomic E-state index is 0.0993. The summed E-state index contributed by atoms with van der Waals surface area (Å²) in [6, 6.07) is 15.2. The fraction of sp³-hybridized carbons (Fsp3) is 0.208. The van der Waals surface area contributed by atoms with E-state index >= 15 is 0 Å². The van der Waals surface area contributed by atoms with Crippen molar-refractivity contribution >= 4 is 40.1 Å². The zero-order chi connectivity index (χ0) is 21.7. The lowest BCUT2D eigenvalue weighted by Crippen LogP contribution is -2.16. The summed E-state index contributed by atoms with van der Waals surface area (Å²) < 4.78 is 10.3. The van der Waals surface area contributed by atoms with Gasteiger partial charge < -0.3 is 9.47 Å². The molecule has 0 radical (unpaired) electrons. The van der Waals surface area contributed by atoms with Gasteiger partial charge in [0, 0.05) is 16.1 Å². The third kappa shape index (κ3) is 4.52. The summed E-state index contributed by atoms with van der Waals surface area (Å²) >= 11 is 5.94. The monoisotopic (exact) mass is 424 g/mol. The first-order valence-electron chi connectivity index (χ1n) is 9.63. The zero-order valence-electron chi connectivity index (χ0n) is 16.7. The number of ether oxygens (including phenoxy) is 2. The quantitative estimate of drug-likeness (QED) is 0.394. The van der Waals surface area contributed by atoms with Crippen LogP contribution in [0, 0.1) is 0 Å². The molecule has 0 aliphatic rings. The average Bonchev–Trinajstić information content (AvgIpc) is 2.74. The van der Waals surface area contributed by atoms with E-state index < -0.39 is 11.9 Å². The maximum absolute atomic E-state index is 13.3. The molecule has 0 saturated heterocycles. The standard InChI is InChI=1S/C24H21ClO5/c1-3-29-22(26)14-19-17-7-5-6-8-18(17)20(13-21(19)24(28)30-4-2)23(27)15-9-11-16(25)12-10-15/h5-13H,3-4,14H2,1-2H3. The van der Waals surface area contributed by atoms with E-state index in [2.05, 4.69) is 0 Å². The number of esters is 2. The van der Waals surface area contributed by atoms with Crippen molar-refractivity contribution in [3.63, 3.8) is 0 Å². The minimum atomic E-state index is -0.590. The van der Waals surface area contributed by atoms with E-state index in [1.165, 1.54) is 6.07 Å². The Bertz CT molecular complexity index is 1100. The summed E-state index contributed by atoms with van der Waals surface area (Å²) in [5, 5.41) is 1.80. The molecule has 0 aromatic heterocycles. The van der Waals surface area contributed by atoms with Crippen molar-refractivity contribution in [2.45, 2.75) is 20.3 Å². The molecule has 0 saturated carbocycles. The molecule has 5 nitrogen and oxygen atoms in total. The largest absolute Gasteiger partial charge is 0.466 e. The second-order valence-electron chi connectivity index (χ2n) is 6.53. The predicted molar refractivity (Wildman–Crippen MR) is 115 cm³/mol. The minimum Gasteiger partial charge on any atom is -0.466 e. The van der Waals surface area contributed by atoms with Crippen molar-refractivity contribution in [3.8, 4) is 0 Å². The highest BCUT2D eigenvalue weighted by Crippen LogP contribution is 2.30. The normalized spacial score (nSPS) is 10.6. The van der Waals surface area contributed by atoms with Crippen LogP contribution in [0.4, 0.5) is 0 Å². The van der Waals surface area contributed by atoms with E-state index in [0.717, 1.165) is 0 Å². The molecule has 3 aromatic rings. The van der Waals surface area contributed by atoms with Gasteiger partial charge in [0.25, 0.3) is 0 Å². The lowest BCUT2D eigenvalue weighted by molar-refractivity contribution is -0.142. The summed E-state index contributed by atoms with van der Waals surface area (Å²) in [6.07, 6.45) is -0.0993. The number of carbonyl (C=O) groups excluding carboxylic acids is 3. The molecule has 3 aromatic carbocycles. The van der Waals surface area contributed by atoms with Gasteiger partial charge in [-0.15, -0.1) is 0 Å². The van der Waals surface area contributed by atoms with Gasteiger partial charge in [0.2, 0.25) is 0 Å². The SMILES string of the molecule is CCOC(=O)Cc1c(C(=O)OCC)cc(C(=O)c2ccc(Cl)cc2)c2ccccc12. The summed E-state index contributed by atoms with van der Waals surface area (Å²) in [5.74, 6) is -1.30. The van der Waals surface area contributed by atoms with Crippen LogP contribution >= 0.6 is 11.6 Å². The van der Waals surface area contributed by atoms with E-state index in [-0.39, 0.29) is 31.0 Å². The third-order valence-corrected chi connectivity index (χ3v) is 4.88. The van der Waals surface area contributed by atoms with E-state index in [1.807, 2.05) is 0 Å². The molecule has 0 atom stereocenters. The Morgan fingerprint density at radius 1 is 0.833 bits per heavy atom. The molecule has 154 valence electrons. The Kier molecular flexibility index (Phi) is 6.85. The van der Waals surface area contributed by atoms with Crippen LogP contribution in [0.3, 0.4) is 0 Å². The number of ketones is 1. The van der Waals surface area contributed by atoms with Crippen LogP contribution in [0.2, 0.25) is 5.02 Å². The summed E-state index contributed by atoms with van der Waals surface area (Å²) in [7, 11) is 0. The van der Waals surface area contributed by atoms with Crippen LogP contribution in [-0.4, -0.2) is 30.9 Å². The molecule has 0 spiro atoms. The van der Waals surface area contributed by atoms with Gasteiger partial charge in [0.05, 0.1) is 25.2 Å². The number of hydrogen-bond acceptors (Lipinski definition) is 5. The second kappa shape index (κ2) is 9.55. The molecule has 0 heterocycles. The van der Waals surface area contributed by atoms with Gasteiger partial charge in [-0.25, -0.2) is 4.79 Å². The first-order chi connectivity index (χ1) is 14.5. The molecule has 3 rings (SSSR count). The first-order valence-corrected chi connectivity index (χ1v) is 10.0. The van der Waals surface area contributed by atoms with Gasteiger partial charge in [0.1, 0.15) is 0 Å². The smallest absolute Gasteiger partial charge is 0.338 e. The Hall–Kier alpha value is -3.18. The maximum atomic E-state index is 13.3. The zero-order valence-corrected chi connectivity index (χ0v) is 17.5. The summed E-state index contributed by atoms with van der Waals surface area (Å²) in [5.41, 5.74) is 1.46. The fourth-order valence-electron chi connectivity index (χ4n) is 3.32. The van der Waals surface area contributed by atoms with Crippen LogP contribution in [0.25, 0.3) is 10.8 Å². The first kappa shape index (κ1) is 21.5. The van der Waals surface area contributed by atoms with Crippen molar-refractivity contribution in [2.24, 2.45) is 0 Å². The van der Waals surface area contributed by atoms with Gasteiger partial charge in [0.15, 0.2) is 5.78 Å². The molecule has 30 heavy (non-hydrogen) atoms. The van der Waals surface area contributed by atoms with Crippen LogP contribution in [0.5, 0.6) is 0 Å². The fourth-order valence-corrected chi connectivity index (χ4v) is 3.44. The number of carbonyl (C=O) groups is 3. The van der Waals surface area contributed by atoms with Gasteiger partial charge >= 0.3 is 11.9 Å². The van der Waals surface area contributed by atoms with E-state index in [0.29, 0.717) is 32.5 Å². The van der Waals surface area contributed by atoms with E-state index in [4.69, 9.17) is 21.1 Å². The van der Waals surface area contributed by atoms with Crippen molar-refractivity contribution < 1.29 is 23.9 Å². The molecule has 0 aliphatic carbocycles. The molecule has 0 unspecified atom stereocenters. The van der Waals surface area contributed by atoms with Crippen molar-refractivity contribution in [1.82, 2.24) is 0 Å². The molecule has 0 aliphatic heterocycles. The average molecular weight is 425 g/mol. The van der Waals surface area contributed by atoms with E-state index in [1.54, 1.807) is 62.4 Å². The summed E-state index contributed by atoms with van der Waals surface area (Å²) in [6.45, 7) is 3.82. The van der Waals surface area contributed by atoms with Crippen LogP contribution in [0.1, 0.15) is 45.7 Å². The topological polar surface area (TPSA) is 69.7 Å². The van der Waals surface area contributed by atoms with Crippen LogP contribution < -0.4 is 0 Å². The van der Waals surface area contributed by atoms with Crippen molar-refractivity contribution in [1.29, 1.82) is 0 Å². The van der Waals surface area contributed by atoms with E-state index in [9.17, 15) is 14.4 Å². The lowest BCUT2D eigenvalue weighted by atomic mass is 9.89. The highest BCUT2D eigenvalue weighted by Gasteiger charge is 2.23. The Balaban J connectivity index is 2.23. The van der Waals surface area contributed by atoms with Gasteiger partial charge in [-0.05, 0) is 60.5 Å². The number of benzene rings is 3. The van der Waals surface area contributed by atoms with Gasteiger partial charge in [-0.2, -0.15) is 0 Å². The maximum Gasteiger partial charge on any atom is 0.338 e. The molecule has 0 fully saturated rings. The van der Waals surface area contributed by atoms with Crippen LogP contribution in [-0.2, 0) is 20.7 Å². The van der Waals surface area contributed by atoms with Crippen LogP contribution in [0.15, 0.2) is 54.6 Å². The Labute approximate surface area is 179 Å². The molecule has 0 amide bonds. The Morgan fingerprint density at radius 3 is 2.10 bits per heavy atom.